The Balaban J connectivity index is 1.50. The van der Waals surface area contributed by atoms with E-state index in [0.29, 0.717) is 11.4 Å². The van der Waals surface area contributed by atoms with Gasteiger partial charge in [0.05, 0.1) is 17.5 Å². The second-order valence-electron chi connectivity index (χ2n) is 8.96. The van der Waals surface area contributed by atoms with Gasteiger partial charge in [-0.25, -0.2) is 4.90 Å². The molecule has 2 atom stereocenters. The van der Waals surface area contributed by atoms with Gasteiger partial charge in [0.1, 0.15) is 5.75 Å². The van der Waals surface area contributed by atoms with Crippen LogP contribution in [0.25, 0.3) is 0 Å². The van der Waals surface area contributed by atoms with Crippen LogP contribution in [-0.4, -0.2) is 17.8 Å². The lowest BCUT2D eigenvalue weighted by Crippen LogP contribution is -2.51. The second-order valence-corrected chi connectivity index (χ2v) is 8.96. The van der Waals surface area contributed by atoms with E-state index in [9.17, 15) is 14.4 Å². The summed E-state index contributed by atoms with van der Waals surface area (Å²) in [5, 5.41) is 0. The summed E-state index contributed by atoms with van der Waals surface area (Å²) in [5.74, 6) is -1.42. The Morgan fingerprint density at radius 2 is 1.41 bits per heavy atom. The maximum absolute atomic E-state index is 13.8. The Hall–Kier alpha value is -3.73. The fourth-order valence-electron chi connectivity index (χ4n) is 6.23. The SMILES string of the molecule is CC(=O)Oc1ccc(N2C(=O)[C@@H]3C4c5ccccc5C(C)(c5ccccc54)[C@H]3C2=O)cc1. The molecule has 0 N–H and O–H groups in total. The number of hydrogen-bond acceptors (Lipinski definition) is 4. The molecule has 1 fully saturated rings. The average Bonchev–Trinajstić information content (AvgIpc) is 3.06. The summed E-state index contributed by atoms with van der Waals surface area (Å²) in [7, 11) is 0. The number of imide groups is 1. The Labute approximate surface area is 185 Å². The highest BCUT2D eigenvalue weighted by atomic mass is 16.5. The van der Waals surface area contributed by atoms with Crippen molar-refractivity contribution >= 4 is 23.5 Å². The molecule has 3 aliphatic carbocycles. The monoisotopic (exact) mass is 423 g/mol. The van der Waals surface area contributed by atoms with Gasteiger partial charge < -0.3 is 4.74 Å². The predicted molar refractivity (Wildman–Crippen MR) is 118 cm³/mol. The fourth-order valence-corrected chi connectivity index (χ4v) is 6.23. The van der Waals surface area contributed by atoms with Gasteiger partial charge in [0.25, 0.3) is 0 Å². The highest BCUT2D eigenvalue weighted by Crippen LogP contribution is 2.64. The number of carbonyl (C=O) groups is 3. The van der Waals surface area contributed by atoms with Crippen LogP contribution in [0.5, 0.6) is 5.75 Å². The van der Waals surface area contributed by atoms with Crippen LogP contribution in [-0.2, 0) is 19.8 Å². The van der Waals surface area contributed by atoms with Gasteiger partial charge in [-0.3, -0.25) is 14.4 Å². The molecule has 0 radical (unpaired) electrons. The zero-order valence-corrected chi connectivity index (χ0v) is 17.7. The Morgan fingerprint density at radius 1 is 0.844 bits per heavy atom. The smallest absolute Gasteiger partial charge is 0.308 e. The van der Waals surface area contributed by atoms with Crippen LogP contribution in [0.4, 0.5) is 5.69 Å². The second kappa shape index (κ2) is 6.39. The molecule has 158 valence electrons. The molecule has 0 spiro atoms. The van der Waals surface area contributed by atoms with E-state index in [1.807, 2.05) is 24.3 Å². The van der Waals surface area contributed by atoms with E-state index in [4.69, 9.17) is 4.74 Å². The Bertz CT molecular complexity index is 1260. The number of carbonyl (C=O) groups excluding carboxylic acids is 3. The molecule has 4 aliphatic rings. The third-order valence-electron chi connectivity index (χ3n) is 7.40. The molecule has 1 saturated heterocycles. The van der Waals surface area contributed by atoms with E-state index in [1.165, 1.54) is 11.8 Å². The zero-order valence-electron chi connectivity index (χ0n) is 17.7. The highest BCUT2D eigenvalue weighted by Gasteiger charge is 2.66. The van der Waals surface area contributed by atoms with Crippen molar-refractivity contribution in [2.45, 2.75) is 25.2 Å². The zero-order chi connectivity index (χ0) is 22.2. The minimum absolute atomic E-state index is 0.143. The lowest BCUT2D eigenvalue weighted by Gasteiger charge is -2.52. The van der Waals surface area contributed by atoms with E-state index in [1.54, 1.807) is 24.3 Å². The first kappa shape index (κ1) is 19.0. The number of anilines is 1. The first-order valence-electron chi connectivity index (χ1n) is 10.8. The van der Waals surface area contributed by atoms with Gasteiger partial charge in [0, 0.05) is 18.3 Å². The first-order chi connectivity index (χ1) is 15.4. The molecule has 0 aromatic heterocycles. The molecule has 5 nitrogen and oxygen atoms in total. The maximum atomic E-state index is 13.8. The van der Waals surface area contributed by atoms with Crippen LogP contribution in [0, 0.1) is 11.8 Å². The summed E-state index contributed by atoms with van der Waals surface area (Å²) < 4.78 is 5.10. The van der Waals surface area contributed by atoms with Gasteiger partial charge in [-0.15, -0.1) is 0 Å². The summed E-state index contributed by atoms with van der Waals surface area (Å²) in [4.78, 5) is 40.2. The summed E-state index contributed by atoms with van der Waals surface area (Å²) in [6, 6.07) is 23.0. The summed E-state index contributed by atoms with van der Waals surface area (Å²) in [6.07, 6.45) is 0. The standard InChI is InChI=1S/C27H21NO4/c1-15(29)32-17-13-11-16(12-14-17)28-25(30)23-22-18-7-3-5-9-20(18)27(2,24(23)26(28)31)21-10-6-4-8-19(21)22/h3-14,22-24H,1-2H3/t22?,23-,24-,27?/m1/s1. The minimum Gasteiger partial charge on any atom is -0.427 e. The van der Waals surface area contributed by atoms with Crippen molar-refractivity contribution in [1.29, 1.82) is 0 Å². The Kier molecular flexibility index (Phi) is 3.79. The molecule has 5 heteroatoms. The molecule has 7 rings (SSSR count). The number of benzene rings is 3. The summed E-state index contributed by atoms with van der Waals surface area (Å²) in [5.41, 5.74) is 4.48. The number of esters is 1. The quantitative estimate of drug-likeness (QED) is 0.352. The van der Waals surface area contributed by atoms with Crippen molar-refractivity contribution in [3.63, 3.8) is 0 Å². The molecule has 32 heavy (non-hydrogen) atoms. The molecule has 2 amide bonds. The van der Waals surface area contributed by atoms with Gasteiger partial charge in [0.15, 0.2) is 0 Å². The van der Waals surface area contributed by atoms with E-state index in [0.717, 1.165) is 22.3 Å². The molecular weight excluding hydrogens is 402 g/mol. The molecule has 0 unspecified atom stereocenters. The van der Waals surface area contributed by atoms with Gasteiger partial charge in [-0.1, -0.05) is 55.5 Å². The minimum atomic E-state index is -0.578. The third kappa shape index (κ3) is 2.25. The largest absolute Gasteiger partial charge is 0.427 e. The van der Waals surface area contributed by atoms with Crippen LogP contribution in [0.2, 0.25) is 0 Å². The van der Waals surface area contributed by atoms with Gasteiger partial charge in [-0.05, 0) is 46.5 Å². The number of ether oxygens (including phenoxy) is 1. The number of rotatable bonds is 2. The number of nitrogens with zero attached hydrogens (tertiary/aromatic N) is 1. The van der Waals surface area contributed by atoms with Crippen LogP contribution in [0.1, 0.15) is 42.0 Å². The third-order valence-corrected chi connectivity index (χ3v) is 7.40. The van der Waals surface area contributed by atoms with Crippen LogP contribution in [0.3, 0.4) is 0 Å². The molecule has 0 saturated carbocycles. The van der Waals surface area contributed by atoms with Gasteiger partial charge >= 0.3 is 5.97 Å². The van der Waals surface area contributed by atoms with E-state index in [2.05, 4.69) is 31.2 Å². The molecule has 1 heterocycles. The van der Waals surface area contributed by atoms with E-state index >= 15 is 0 Å². The van der Waals surface area contributed by atoms with Crippen LogP contribution in [0.15, 0.2) is 72.8 Å². The maximum Gasteiger partial charge on any atom is 0.308 e. The fraction of sp³-hybridized carbons (Fsp3) is 0.222. The van der Waals surface area contributed by atoms with Crippen LogP contribution < -0.4 is 9.64 Å². The van der Waals surface area contributed by atoms with Crippen molar-refractivity contribution in [1.82, 2.24) is 0 Å². The van der Waals surface area contributed by atoms with Crippen molar-refractivity contribution in [2.75, 3.05) is 4.90 Å². The topological polar surface area (TPSA) is 63.7 Å². The molecule has 3 aromatic rings. The lowest BCUT2D eigenvalue weighted by atomic mass is 9.48. The van der Waals surface area contributed by atoms with Crippen molar-refractivity contribution in [3.05, 3.63) is 95.1 Å². The lowest BCUT2D eigenvalue weighted by molar-refractivity contribution is -0.132. The van der Waals surface area contributed by atoms with Crippen molar-refractivity contribution in [3.8, 4) is 5.75 Å². The van der Waals surface area contributed by atoms with Gasteiger partial charge in [0.2, 0.25) is 11.8 Å². The average molecular weight is 423 g/mol. The molecule has 1 aliphatic heterocycles. The molecular formula is C27H21NO4. The van der Waals surface area contributed by atoms with Crippen molar-refractivity contribution < 1.29 is 19.1 Å². The summed E-state index contributed by atoms with van der Waals surface area (Å²) >= 11 is 0. The van der Waals surface area contributed by atoms with Crippen LogP contribution >= 0.6 is 0 Å². The van der Waals surface area contributed by atoms with Gasteiger partial charge in [-0.2, -0.15) is 0 Å². The number of hydrogen-bond donors (Lipinski definition) is 0. The number of amides is 2. The summed E-state index contributed by atoms with van der Waals surface area (Å²) in [6.45, 7) is 3.44. The predicted octanol–water partition coefficient (Wildman–Crippen LogP) is 4.18. The molecule has 2 bridgehead atoms. The molecule has 3 aromatic carbocycles. The van der Waals surface area contributed by atoms with E-state index < -0.39 is 23.2 Å². The normalized spacial score (nSPS) is 27.1. The van der Waals surface area contributed by atoms with Crippen molar-refractivity contribution in [2.24, 2.45) is 11.8 Å². The van der Waals surface area contributed by atoms with E-state index in [-0.39, 0.29) is 17.7 Å². The highest BCUT2D eigenvalue weighted by molar-refractivity contribution is 6.23. The first-order valence-corrected chi connectivity index (χ1v) is 10.8. The Morgan fingerprint density at radius 3 is 1.97 bits per heavy atom.